The first-order valence-corrected chi connectivity index (χ1v) is 8.40. The number of hydrogen-bond donors (Lipinski definition) is 1. The van der Waals surface area contributed by atoms with Crippen LogP contribution in [0.5, 0.6) is 5.75 Å². The van der Waals surface area contributed by atoms with Crippen molar-refractivity contribution >= 4 is 34.5 Å². The summed E-state index contributed by atoms with van der Waals surface area (Å²) < 4.78 is 5.60. The summed E-state index contributed by atoms with van der Waals surface area (Å²) in [6, 6.07) is 3.77. The molecule has 2 amide bonds. The summed E-state index contributed by atoms with van der Waals surface area (Å²) >= 11 is 1.52. The topological polar surface area (TPSA) is 71.5 Å². The fourth-order valence-corrected chi connectivity index (χ4v) is 3.77. The lowest BCUT2D eigenvalue weighted by molar-refractivity contribution is -0.121. The average Bonchev–Trinajstić information content (AvgIpc) is 3.07. The van der Waals surface area contributed by atoms with Crippen molar-refractivity contribution in [1.82, 2.24) is 4.98 Å². The largest absolute Gasteiger partial charge is 0.482 e. The maximum Gasteiger partial charge on any atom is 0.265 e. The zero-order valence-electron chi connectivity index (χ0n) is 12.5. The Morgan fingerprint density at radius 2 is 2.30 bits per heavy atom. The zero-order valence-corrected chi connectivity index (χ0v) is 13.4. The van der Waals surface area contributed by atoms with Crippen molar-refractivity contribution in [1.29, 1.82) is 0 Å². The number of likely N-dealkylation sites (N-methyl/N-ethyl adjacent to an activating group) is 1. The minimum atomic E-state index is -0.0772. The number of carbonyl (C=O) groups is 2. The molecule has 0 aliphatic carbocycles. The minimum absolute atomic E-state index is 0.0402. The van der Waals surface area contributed by atoms with Crippen LogP contribution in [0.25, 0.3) is 0 Å². The molecule has 4 rings (SSSR count). The van der Waals surface area contributed by atoms with Gasteiger partial charge in [-0.2, -0.15) is 0 Å². The molecule has 1 N–H and O–H groups in total. The lowest BCUT2D eigenvalue weighted by Gasteiger charge is -2.32. The molecule has 1 atom stereocenters. The Hall–Kier alpha value is -2.41. The molecule has 0 radical (unpaired) electrons. The number of rotatable bonds is 2. The van der Waals surface area contributed by atoms with Gasteiger partial charge < -0.3 is 15.0 Å². The van der Waals surface area contributed by atoms with E-state index in [1.165, 1.54) is 11.3 Å². The fraction of sp³-hybridized carbons (Fsp3) is 0.312. The van der Waals surface area contributed by atoms with Crippen LogP contribution in [0.1, 0.15) is 30.5 Å². The standard InChI is InChI=1S/C16H15N3O3S/c1-2-19-13-5-11-9(3-14(13)22-6-16(19)21)10(4-15(20)18-11)12-7-23-8-17-12/h3,5,7-8,10H,2,4,6H2,1H3,(H,18,20). The van der Waals surface area contributed by atoms with E-state index in [0.717, 1.165) is 16.9 Å². The number of amides is 2. The van der Waals surface area contributed by atoms with Gasteiger partial charge in [0.1, 0.15) is 5.75 Å². The van der Waals surface area contributed by atoms with E-state index >= 15 is 0 Å². The predicted octanol–water partition coefficient (Wildman–Crippen LogP) is 2.36. The molecule has 0 bridgehead atoms. The third-order valence-corrected chi connectivity index (χ3v) is 4.84. The number of benzene rings is 1. The summed E-state index contributed by atoms with van der Waals surface area (Å²) in [6.07, 6.45) is 0.367. The van der Waals surface area contributed by atoms with Gasteiger partial charge >= 0.3 is 0 Å². The molecular formula is C16H15N3O3S. The summed E-state index contributed by atoms with van der Waals surface area (Å²) in [7, 11) is 0. The van der Waals surface area contributed by atoms with E-state index < -0.39 is 0 Å². The van der Waals surface area contributed by atoms with Gasteiger partial charge in [-0.15, -0.1) is 11.3 Å². The first-order chi connectivity index (χ1) is 11.2. The summed E-state index contributed by atoms with van der Waals surface area (Å²) in [4.78, 5) is 30.1. The van der Waals surface area contributed by atoms with E-state index in [9.17, 15) is 9.59 Å². The number of anilines is 2. The molecular weight excluding hydrogens is 314 g/mol. The van der Waals surface area contributed by atoms with Gasteiger partial charge in [-0.1, -0.05) is 0 Å². The number of nitrogens with zero attached hydrogens (tertiary/aromatic N) is 2. The second-order valence-electron chi connectivity index (χ2n) is 5.55. The normalized spacial score (nSPS) is 19.7. The van der Waals surface area contributed by atoms with Crippen molar-refractivity contribution in [2.45, 2.75) is 19.3 Å². The van der Waals surface area contributed by atoms with E-state index in [4.69, 9.17) is 4.74 Å². The van der Waals surface area contributed by atoms with Crippen LogP contribution in [0, 0.1) is 0 Å². The quantitative estimate of drug-likeness (QED) is 0.918. The van der Waals surface area contributed by atoms with Crippen LogP contribution in [-0.4, -0.2) is 29.9 Å². The van der Waals surface area contributed by atoms with Crippen LogP contribution in [0.4, 0.5) is 11.4 Å². The zero-order chi connectivity index (χ0) is 16.0. The van der Waals surface area contributed by atoms with Crippen molar-refractivity contribution in [2.75, 3.05) is 23.4 Å². The van der Waals surface area contributed by atoms with Gasteiger partial charge in [0, 0.05) is 30.0 Å². The number of aromatic nitrogens is 1. The highest BCUT2D eigenvalue weighted by Gasteiger charge is 2.32. The van der Waals surface area contributed by atoms with Gasteiger partial charge in [0.05, 0.1) is 16.9 Å². The Morgan fingerprint density at radius 1 is 1.43 bits per heavy atom. The van der Waals surface area contributed by atoms with Crippen LogP contribution < -0.4 is 15.0 Å². The highest BCUT2D eigenvalue weighted by atomic mass is 32.1. The van der Waals surface area contributed by atoms with Gasteiger partial charge in [-0.05, 0) is 24.6 Å². The molecule has 7 heteroatoms. The average molecular weight is 329 g/mol. The fourth-order valence-electron chi connectivity index (χ4n) is 3.16. The Labute approximate surface area is 137 Å². The molecule has 2 aliphatic heterocycles. The molecule has 6 nitrogen and oxygen atoms in total. The maximum absolute atomic E-state index is 12.1. The maximum atomic E-state index is 12.1. The first-order valence-electron chi connectivity index (χ1n) is 7.46. The van der Waals surface area contributed by atoms with Crippen LogP contribution in [0.15, 0.2) is 23.0 Å². The highest BCUT2D eigenvalue weighted by molar-refractivity contribution is 7.07. The predicted molar refractivity (Wildman–Crippen MR) is 87.2 cm³/mol. The monoisotopic (exact) mass is 329 g/mol. The van der Waals surface area contributed by atoms with Gasteiger partial charge in [0.15, 0.2) is 6.61 Å². The Bertz CT molecular complexity index is 788. The number of nitrogens with one attached hydrogen (secondary N) is 1. The third kappa shape index (κ3) is 2.28. The SMILES string of the molecule is CCN1C(=O)COc2cc3c(cc21)NC(=O)CC3c1cscn1. The van der Waals surface area contributed by atoms with Crippen molar-refractivity contribution < 1.29 is 14.3 Å². The van der Waals surface area contributed by atoms with Gasteiger partial charge in [-0.25, -0.2) is 4.98 Å². The van der Waals surface area contributed by atoms with Crippen LogP contribution >= 0.6 is 11.3 Å². The van der Waals surface area contributed by atoms with Gasteiger partial charge in [0.2, 0.25) is 5.91 Å². The molecule has 0 spiro atoms. The molecule has 1 aromatic carbocycles. The molecule has 1 aromatic heterocycles. The molecule has 0 saturated carbocycles. The smallest absolute Gasteiger partial charge is 0.265 e. The second-order valence-corrected chi connectivity index (χ2v) is 6.27. The van der Waals surface area contributed by atoms with Crippen molar-refractivity contribution in [3.8, 4) is 5.75 Å². The van der Waals surface area contributed by atoms with E-state index in [1.807, 2.05) is 24.4 Å². The Balaban J connectivity index is 1.85. The van der Waals surface area contributed by atoms with Crippen LogP contribution in [0.2, 0.25) is 0 Å². The molecule has 118 valence electrons. The summed E-state index contributed by atoms with van der Waals surface area (Å²) in [6.45, 7) is 2.54. The lowest BCUT2D eigenvalue weighted by atomic mass is 9.87. The van der Waals surface area contributed by atoms with E-state index in [1.54, 1.807) is 10.4 Å². The van der Waals surface area contributed by atoms with Crippen molar-refractivity contribution in [2.24, 2.45) is 0 Å². The molecule has 3 heterocycles. The Morgan fingerprint density at radius 3 is 3.04 bits per heavy atom. The lowest BCUT2D eigenvalue weighted by Crippen LogP contribution is -2.39. The summed E-state index contributed by atoms with van der Waals surface area (Å²) in [5.41, 5.74) is 5.09. The molecule has 0 saturated heterocycles. The first kappa shape index (κ1) is 14.2. The third-order valence-electron chi connectivity index (χ3n) is 4.24. The molecule has 2 aliphatic rings. The van der Waals surface area contributed by atoms with E-state index in [0.29, 0.717) is 24.4 Å². The second kappa shape index (κ2) is 5.34. The van der Waals surface area contributed by atoms with Gasteiger partial charge in [-0.3, -0.25) is 9.59 Å². The summed E-state index contributed by atoms with van der Waals surface area (Å²) in [5, 5.41) is 4.87. The number of fused-ring (bicyclic) bond motifs is 2. The Kier molecular flexibility index (Phi) is 3.30. The summed E-state index contributed by atoms with van der Waals surface area (Å²) in [5.74, 6) is 0.493. The van der Waals surface area contributed by atoms with E-state index in [-0.39, 0.29) is 24.3 Å². The number of thiazole rings is 1. The van der Waals surface area contributed by atoms with E-state index in [2.05, 4.69) is 10.3 Å². The molecule has 1 unspecified atom stereocenters. The molecule has 2 aromatic rings. The number of hydrogen-bond acceptors (Lipinski definition) is 5. The van der Waals surface area contributed by atoms with Crippen molar-refractivity contribution in [3.05, 3.63) is 34.3 Å². The van der Waals surface area contributed by atoms with Crippen molar-refractivity contribution in [3.63, 3.8) is 0 Å². The number of ether oxygens (including phenoxy) is 1. The molecule has 23 heavy (non-hydrogen) atoms. The minimum Gasteiger partial charge on any atom is -0.482 e. The highest BCUT2D eigenvalue weighted by Crippen LogP contribution is 2.44. The molecule has 0 fully saturated rings. The number of carbonyl (C=O) groups excluding carboxylic acids is 2. The van der Waals surface area contributed by atoms with Gasteiger partial charge in [0.25, 0.3) is 5.91 Å². The van der Waals surface area contributed by atoms with Crippen LogP contribution in [0.3, 0.4) is 0 Å². The van der Waals surface area contributed by atoms with Crippen LogP contribution in [-0.2, 0) is 9.59 Å².